The average molecular weight is 346 g/mol. The number of rotatable bonds is 1. The number of carbonyl (C=O) groups is 2. The van der Waals surface area contributed by atoms with Gasteiger partial charge in [0.15, 0.2) is 0 Å². The van der Waals surface area contributed by atoms with Gasteiger partial charge in [0.25, 0.3) is 0 Å². The van der Waals surface area contributed by atoms with Crippen molar-refractivity contribution in [3.05, 3.63) is 0 Å². The highest BCUT2D eigenvalue weighted by molar-refractivity contribution is 5.85. The van der Waals surface area contributed by atoms with Crippen LogP contribution in [0.3, 0.4) is 0 Å². The summed E-state index contributed by atoms with van der Waals surface area (Å²) >= 11 is 0. The quantitative estimate of drug-likeness (QED) is 0.734. The van der Waals surface area contributed by atoms with Crippen LogP contribution in [0, 0.1) is 45.8 Å². The Labute approximate surface area is 147 Å². The van der Waals surface area contributed by atoms with Crippen LogP contribution in [-0.4, -0.2) is 35.9 Å². The van der Waals surface area contributed by atoms with Gasteiger partial charge in [0, 0.05) is 18.3 Å². The highest BCUT2D eigenvalue weighted by Gasteiger charge is 2.88. The Kier molecular flexibility index (Phi) is 2.27. The number of esters is 2. The molecule has 25 heavy (non-hydrogen) atoms. The van der Waals surface area contributed by atoms with Gasteiger partial charge in [0.05, 0.1) is 24.5 Å². The van der Waals surface area contributed by atoms with E-state index in [1.807, 2.05) is 6.92 Å². The Morgan fingerprint density at radius 1 is 1.24 bits per heavy atom. The molecule has 0 amide bonds. The monoisotopic (exact) mass is 346 g/mol. The van der Waals surface area contributed by atoms with E-state index in [2.05, 4.69) is 6.92 Å². The number of hydrogen-bond donors (Lipinski definition) is 1. The first-order valence-corrected chi connectivity index (χ1v) is 9.72. The van der Waals surface area contributed by atoms with Crippen molar-refractivity contribution >= 4 is 11.9 Å². The highest BCUT2D eigenvalue weighted by atomic mass is 16.6. The number of ether oxygens (including phenoxy) is 2. The molecule has 1 heterocycles. The molecule has 5 heteroatoms. The lowest BCUT2D eigenvalue weighted by Gasteiger charge is -2.47. The first kappa shape index (κ1) is 15.0. The summed E-state index contributed by atoms with van der Waals surface area (Å²) in [4.78, 5) is 25.9. The fraction of sp³-hybridized carbons (Fsp3) is 0.900. The Balaban J connectivity index is 1.58. The molecule has 136 valence electrons. The molecule has 0 aromatic heterocycles. The van der Waals surface area contributed by atoms with Crippen LogP contribution in [0.5, 0.6) is 0 Å². The molecule has 0 radical (unpaired) electrons. The first-order valence-electron chi connectivity index (χ1n) is 9.72. The molecule has 0 aromatic rings. The van der Waals surface area contributed by atoms with E-state index in [1.54, 1.807) is 0 Å². The summed E-state index contributed by atoms with van der Waals surface area (Å²) < 4.78 is 11.4. The molecule has 1 spiro atoms. The predicted octanol–water partition coefficient (Wildman–Crippen LogP) is 1.91. The molecule has 10 atom stereocenters. The van der Waals surface area contributed by atoms with Gasteiger partial charge < -0.3 is 14.6 Å². The van der Waals surface area contributed by atoms with E-state index in [9.17, 15) is 14.7 Å². The molecule has 10 unspecified atom stereocenters. The summed E-state index contributed by atoms with van der Waals surface area (Å²) in [6.07, 6.45) is 3.54. The van der Waals surface area contributed by atoms with Gasteiger partial charge in [-0.05, 0) is 55.3 Å². The van der Waals surface area contributed by atoms with Crippen molar-refractivity contribution in [2.45, 2.75) is 57.7 Å². The average Bonchev–Trinajstić information content (AvgIpc) is 2.79. The summed E-state index contributed by atoms with van der Waals surface area (Å²) in [6.45, 7) is 4.29. The molecule has 1 aliphatic heterocycles. The van der Waals surface area contributed by atoms with E-state index in [0.717, 1.165) is 25.2 Å². The van der Waals surface area contributed by atoms with Crippen LogP contribution in [0.2, 0.25) is 0 Å². The SMILES string of the molecule is COC(=O)C1C2C3(C)CC(O)CC2(OC3=O)C2CC3C4CC12CC34C. The summed E-state index contributed by atoms with van der Waals surface area (Å²) in [5.74, 6) is 0.839. The van der Waals surface area contributed by atoms with E-state index in [4.69, 9.17) is 9.47 Å². The largest absolute Gasteiger partial charge is 0.469 e. The maximum absolute atomic E-state index is 13.0. The Morgan fingerprint density at radius 2 is 2.00 bits per heavy atom. The number of aliphatic hydroxyl groups is 1. The number of aliphatic hydroxyl groups excluding tert-OH is 1. The van der Waals surface area contributed by atoms with Gasteiger partial charge in [-0.1, -0.05) is 6.92 Å². The minimum Gasteiger partial charge on any atom is -0.469 e. The third-order valence-corrected chi connectivity index (χ3v) is 9.74. The van der Waals surface area contributed by atoms with Crippen molar-refractivity contribution < 1.29 is 24.2 Å². The van der Waals surface area contributed by atoms with Gasteiger partial charge >= 0.3 is 11.9 Å². The topological polar surface area (TPSA) is 72.8 Å². The van der Waals surface area contributed by atoms with Crippen LogP contribution in [-0.2, 0) is 19.1 Å². The molecular weight excluding hydrogens is 320 g/mol. The van der Waals surface area contributed by atoms with Crippen LogP contribution < -0.4 is 0 Å². The number of methoxy groups -OCH3 is 1. The molecule has 7 fully saturated rings. The van der Waals surface area contributed by atoms with Gasteiger partial charge in [0.1, 0.15) is 5.60 Å². The van der Waals surface area contributed by atoms with Crippen molar-refractivity contribution in [1.82, 2.24) is 0 Å². The van der Waals surface area contributed by atoms with Crippen molar-refractivity contribution in [1.29, 1.82) is 0 Å². The minimum atomic E-state index is -0.767. The highest BCUT2D eigenvalue weighted by Crippen LogP contribution is 2.88. The molecule has 0 aromatic carbocycles. The summed E-state index contributed by atoms with van der Waals surface area (Å²) in [7, 11) is 1.46. The molecule has 7 rings (SSSR count). The van der Waals surface area contributed by atoms with Crippen molar-refractivity contribution in [2.75, 3.05) is 7.11 Å². The number of hydrogen-bond acceptors (Lipinski definition) is 5. The zero-order chi connectivity index (χ0) is 17.6. The smallest absolute Gasteiger partial charge is 0.312 e. The van der Waals surface area contributed by atoms with Gasteiger partial charge in [-0.2, -0.15) is 0 Å². The third-order valence-electron chi connectivity index (χ3n) is 9.74. The van der Waals surface area contributed by atoms with Gasteiger partial charge in [-0.15, -0.1) is 0 Å². The lowest BCUT2D eigenvalue weighted by atomic mass is 9.58. The fourth-order valence-electron chi connectivity index (χ4n) is 9.16. The van der Waals surface area contributed by atoms with E-state index in [0.29, 0.717) is 24.2 Å². The van der Waals surface area contributed by atoms with Crippen LogP contribution >= 0.6 is 0 Å². The second-order valence-corrected chi connectivity index (χ2v) is 10.4. The van der Waals surface area contributed by atoms with Crippen molar-refractivity contribution in [3.8, 4) is 0 Å². The Hall–Kier alpha value is -1.10. The van der Waals surface area contributed by atoms with E-state index < -0.39 is 17.1 Å². The van der Waals surface area contributed by atoms with Gasteiger partial charge in [-0.25, -0.2) is 0 Å². The summed E-state index contributed by atoms with van der Waals surface area (Å²) in [5, 5.41) is 10.6. The number of carbonyl (C=O) groups excluding carboxylic acids is 2. The summed E-state index contributed by atoms with van der Waals surface area (Å²) in [5.41, 5.74) is -1.15. The zero-order valence-corrected chi connectivity index (χ0v) is 15.1. The zero-order valence-electron chi connectivity index (χ0n) is 15.1. The molecule has 6 saturated carbocycles. The van der Waals surface area contributed by atoms with Gasteiger partial charge in [0.2, 0.25) is 0 Å². The van der Waals surface area contributed by atoms with Crippen molar-refractivity contribution in [3.63, 3.8) is 0 Å². The second kappa shape index (κ2) is 3.78. The van der Waals surface area contributed by atoms with Gasteiger partial charge in [-0.3, -0.25) is 9.59 Å². The Bertz CT molecular complexity index is 734. The molecule has 5 nitrogen and oxygen atoms in total. The molecule has 6 aliphatic carbocycles. The molecule has 7 aliphatic rings. The standard InChI is InChI=1S/C20H26O5/c1-17-5-9(21)6-20(25-16(17)23)12-4-10-11-7-19(12,8-18(10,11)2)13(14(17)20)15(22)24-3/h9-14,21H,4-8H2,1-3H3. The molecule has 6 bridgehead atoms. The predicted molar refractivity (Wildman–Crippen MR) is 86.0 cm³/mol. The second-order valence-electron chi connectivity index (χ2n) is 10.4. The molecule has 1 N–H and O–H groups in total. The van der Waals surface area contributed by atoms with E-state index in [-0.39, 0.29) is 35.1 Å². The lowest BCUT2D eigenvalue weighted by Crippen LogP contribution is -2.51. The first-order chi connectivity index (χ1) is 11.7. The van der Waals surface area contributed by atoms with Crippen LogP contribution in [0.4, 0.5) is 0 Å². The van der Waals surface area contributed by atoms with E-state index >= 15 is 0 Å². The lowest BCUT2D eigenvalue weighted by molar-refractivity contribution is -0.163. The van der Waals surface area contributed by atoms with Crippen LogP contribution in [0.15, 0.2) is 0 Å². The normalized spacial score (nSPS) is 65.2. The molecule has 1 saturated heterocycles. The van der Waals surface area contributed by atoms with Crippen LogP contribution in [0.25, 0.3) is 0 Å². The van der Waals surface area contributed by atoms with E-state index in [1.165, 1.54) is 7.11 Å². The molecular formula is C20H26O5. The Morgan fingerprint density at radius 3 is 2.64 bits per heavy atom. The maximum atomic E-state index is 13.0. The van der Waals surface area contributed by atoms with Crippen molar-refractivity contribution in [2.24, 2.45) is 45.8 Å². The maximum Gasteiger partial charge on any atom is 0.312 e. The summed E-state index contributed by atoms with van der Waals surface area (Å²) in [6, 6.07) is 0. The third kappa shape index (κ3) is 1.27. The minimum absolute atomic E-state index is 0.0993. The van der Waals surface area contributed by atoms with Crippen LogP contribution in [0.1, 0.15) is 46.0 Å². The fourth-order valence-corrected chi connectivity index (χ4v) is 9.16.